The number of aromatic nitrogens is 1. The van der Waals surface area contributed by atoms with Crippen molar-refractivity contribution in [3.63, 3.8) is 0 Å². The summed E-state index contributed by atoms with van der Waals surface area (Å²) in [6, 6.07) is 5.44. The molecular formula is C35H45FN6O4S. The molecule has 1 aromatic heterocycles. The van der Waals surface area contributed by atoms with Crippen molar-refractivity contribution in [1.29, 1.82) is 0 Å². The highest BCUT2D eigenvalue weighted by Gasteiger charge is 2.46. The molecule has 0 unspecified atom stereocenters. The van der Waals surface area contributed by atoms with E-state index in [0.717, 1.165) is 41.3 Å². The summed E-state index contributed by atoms with van der Waals surface area (Å²) in [5.74, 6) is -0.655. The zero-order valence-corrected chi connectivity index (χ0v) is 28.0. The van der Waals surface area contributed by atoms with Crippen LogP contribution in [-0.2, 0) is 20.8 Å². The number of hydrogen-bond acceptors (Lipinski definition) is 7. The summed E-state index contributed by atoms with van der Waals surface area (Å²) in [6.07, 6.45) is 7.86. The molecule has 0 radical (unpaired) electrons. The average Bonchev–Trinajstić information content (AvgIpc) is 3.82. The molecule has 10 nitrogen and oxygen atoms in total. The van der Waals surface area contributed by atoms with Crippen LogP contribution in [0.4, 0.5) is 4.39 Å². The van der Waals surface area contributed by atoms with E-state index in [1.54, 1.807) is 21.1 Å². The van der Waals surface area contributed by atoms with Crippen LogP contribution in [0.3, 0.4) is 0 Å². The van der Waals surface area contributed by atoms with Gasteiger partial charge in [0.2, 0.25) is 17.7 Å². The van der Waals surface area contributed by atoms with Gasteiger partial charge in [-0.2, -0.15) is 0 Å². The fraction of sp³-hybridized carbons (Fsp3) is 0.629. The van der Waals surface area contributed by atoms with Crippen molar-refractivity contribution >= 4 is 35.0 Å². The number of halogens is 1. The van der Waals surface area contributed by atoms with Gasteiger partial charge in [0.1, 0.15) is 11.9 Å². The van der Waals surface area contributed by atoms with E-state index in [2.05, 4.69) is 10.6 Å². The van der Waals surface area contributed by atoms with E-state index >= 15 is 0 Å². The van der Waals surface area contributed by atoms with Crippen LogP contribution in [-0.4, -0.2) is 99.7 Å². The first kappa shape index (κ1) is 32.2. The lowest BCUT2D eigenvalue weighted by Gasteiger charge is -2.43. The predicted octanol–water partition coefficient (Wildman–Crippen LogP) is 3.54. The smallest absolute Gasteiger partial charge is 0.253 e. The minimum atomic E-state index is -0.874. The summed E-state index contributed by atoms with van der Waals surface area (Å²) < 4.78 is 13.5. The summed E-state index contributed by atoms with van der Waals surface area (Å²) in [7, 11) is 0. The van der Waals surface area contributed by atoms with Gasteiger partial charge in [-0.05, 0) is 76.1 Å². The van der Waals surface area contributed by atoms with E-state index in [1.165, 1.54) is 37.1 Å². The van der Waals surface area contributed by atoms with Crippen LogP contribution in [0.5, 0.6) is 0 Å². The molecule has 6 heterocycles. The normalized spacial score (nSPS) is 25.9. The first-order valence-corrected chi connectivity index (χ1v) is 18.1. The lowest BCUT2D eigenvalue weighted by molar-refractivity contribution is -0.145. The molecule has 252 valence electrons. The Morgan fingerprint density at radius 3 is 2.40 bits per heavy atom. The van der Waals surface area contributed by atoms with Gasteiger partial charge in [-0.3, -0.25) is 19.2 Å². The molecule has 47 heavy (non-hydrogen) atoms. The molecule has 5 aliphatic heterocycles. The van der Waals surface area contributed by atoms with E-state index < -0.39 is 17.4 Å². The Hall–Kier alpha value is -3.38. The minimum absolute atomic E-state index is 0.0217. The van der Waals surface area contributed by atoms with Crippen molar-refractivity contribution in [1.82, 2.24) is 30.3 Å². The number of amides is 4. The molecule has 4 fully saturated rings. The van der Waals surface area contributed by atoms with Crippen LogP contribution in [0.2, 0.25) is 0 Å². The molecule has 2 atom stereocenters. The molecule has 1 aliphatic carbocycles. The Balaban J connectivity index is 1.16. The van der Waals surface area contributed by atoms with E-state index in [-0.39, 0.29) is 48.4 Å². The molecule has 8 rings (SSSR count). The number of likely N-dealkylation sites (tertiary alicyclic amines) is 1. The fourth-order valence-corrected chi connectivity index (χ4v) is 9.49. The van der Waals surface area contributed by atoms with Crippen molar-refractivity contribution in [2.45, 2.75) is 107 Å². The fourth-order valence-electron chi connectivity index (χ4n) is 8.38. The topological polar surface area (TPSA) is 115 Å². The molecule has 1 saturated carbocycles. The summed E-state index contributed by atoms with van der Waals surface area (Å²) in [5.41, 5.74) is 0.291. The number of aryl methyl sites for hydroxylation is 1. The second-order valence-electron chi connectivity index (χ2n) is 14.3. The lowest BCUT2D eigenvalue weighted by atomic mass is 9.83. The maximum absolute atomic E-state index is 14.4. The lowest BCUT2D eigenvalue weighted by Crippen LogP contribution is -2.59. The predicted molar refractivity (Wildman–Crippen MR) is 175 cm³/mol. The second kappa shape index (κ2) is 13.3. The van der Waals surface area contributed by atoms with Crippen molar-refractivity contribution < 1.29 is 23.6 Å². The number of fused-ring (bicyclic) bond motifs is 5. The van der Waals surface area contributed by atoms with E-state index in [9.17, 15) is 23.6 Å². The first-order chi connectivity index (χ1) is 22.7. The van der Waals surface area contributed by atoms with Gasteiger partial charge in [0, 0.05) is 61.2 Å². The molecule has 1 aromatic carbocycles. The Bertz CT molecular complexity index is 1510. The Morgan fingerprint density at radius 2 is 1.70 bits per heavy atom. The van der Waals surface area contributed by atoms with Crippen molar-refractivity contribution in [3.8, 4) is 0 Å². The third-order valence-corrected chi connectivity index (χ3v) is 12.3. The highest BCUT2D eigenvalue weighted by molar-refractivity contribution is 7.11. The van der Waals surface area contributed by atoms with Crippen molar-refractivity contribution in [2.75, 3.05) is 32.7 Å². The van der Waals surface area contributed by atoms with Gasteiger partial charge in [-0.25, -0.2) is 9.37 Å². The molecule has 1 spiro atoms. The number of benzene rings is 1. The highest BCUT2D eigenvalue weighted by Crippen LogP contribution is 2.36. The SMILES string of the molecule is Cc1sc2nc1CC(=O)NC1(CCN(C(=O)c3ccc(F)cc3)CC1)CC(=O)N1C[C@@H](NC3CCCC3)C[C@H]1C(=O)N1CCC2CC1. The van der Waals surface area contributed by atoms with Crippen LogP contribution in [0.25, 0.3) is 0 Å². The van der Waals surface area contributed by atoms with Crippen LogP contribution < -0.4 is 10.6 Å². The third kappa shape index (κ3) is 6.81. The number of nitrogens with zero attached hydrogens (tertiary/aromatic N) is 4. The van der Waals surface area contributed by atoms with Gasteiger partial charge in [-0.1, -0.05) is 12.8 Å². The number of carbonyl (C=O) groups is 4. The van der Waals surface area contributed by atoms with Gasteiger partial charge in [0.05, 0.1) is 29.1 Å². The average molecular weight is 665 g/mol. The Labute approximate surface area is 279 Å². The number of rotatable bonds is 3. The number of hydrogen-bond donors (Lipinski definition) is 2. The number of thiazole rings is 1. The maximum Gasteiger partial charge on any atom is 0.253 e. The largest absolute Gasteiger partial charge is 0.350 e. The standard InChI is InChI=1S/C35H45FN6O4S/c1-22-28-19-30(43)39-35(12-16-41(17-13-35)33(45)24-6-8-25(36)9-7-24)20-31(44)42-21-27(37-26-4-2-3-5-26)18-29(42)34(46)40-14-10-23(11-15-40)32(38-28)47-22/h6-9,23,26-27,29,37H,2-5,10-21H2,1H3,(H,39,43)/t27-,29-/m0/s1. The molecule has 2 aromatic rings. The minimum Gasteiger partial charge on any atom is -0.350 e. The maximum atomic E-state index is 14.4. The molecule has 2 N–H and O–H groups in total. The highest BCUT2D eigenvalue weighted by atomic mass is 32.1. The van der Waals surface area contributed by atoms with Crippen LogP contribution >= 0.6 is 11.3 Å². The molecule has 4 amide bonds. The van der Waals surface area contributed by atoms with Crippen molar-refractivity contribution in [2.24, 2.45) is 0 Å². The van der Waals surface area contributed by atoms with Gasteiger partial charge < -0.3 is 25.3 Å². The summed E-state index contributed by atoms with van der Waals surface area (Å²) in [4.78, 5) is 66.9. The van der Waals surface area contributed by atoms with Crippen LogP contribution in [0, 0.1) is 12.7 Å². The Morgan fingerprint density at radius 1 is 1.00 bits per heavy atom. The molecule has 6 aliphatic rings. The van der Waals surface area contributed by atoms with E-state index in [1.807, 2.05) is 11.8 Å². The Kier molecular flexibility index (Phi) is 9.08. The van der Waals surface area contributed by atoms with Gasteiger partial charge in [-0.15, -0.1) is 11.3 Å². The summed E-state index contributed by atoms with van der Waals surface area (Å²) in [5, 5.41) is 8.05. The molecule has 3 saturated heterocycles. The molecular weight excluding hydrogens is 619 g/mol. The van der Waals surface area contributed by atoms with E-state index in [0.29, 0.717) is 63.6 Å². The summed E-state index contributed by atoms with van der Waals surface area (Å²) in [6.45, 7) is 4.43. The van der Waals surface area contributed by atoms with Gasteiger partial charge >= 0.3 is 0 Å². The second-order valence-corrected chi connectivity index (χ2v) is 15.5. The van der Waals surface area contributed by atoms with Crippen molar-refractivity contribution in [3.05, 3.63) is 51.2 Å². The van der Waals surface area contributed by atoms with E-state index in [4.69, 9.17) is 4.98 Å². The zero-order valence-electron chi connectivity index (χ0n) is 27.1. The van der Waals surface area contributed by atoms with Crippen LogP contribution in [0.1, 0.15) is 96.1 Å². The van der Waals surface area contributed by atoms with Gasteiger partial charge in [0.25, 0.3) is 5.91 Å². The quantitative estimate of drug-likeness (QED) is 0.519. The summed E-state index contributed by atoms with van der Waals surface area (Å²) >= 11 is 1.64. The monoisotopic (exact) mass is 664 g/mol. The number of carbonyl (C=O) groups excluding carboxylic acids is 4. The molecule has 4 bridgehead atoms. The third-order valence-electron chi connectivity index (χ3n) is 11.1. The number of nitrogens with one attached hydrogen (secondary N) is 2. The number of piperidine rings is 2. The first-order valence-electron chi connectivity index (χ1n) is 17.3. The van der Waals surface area contributed by atoms with Gasteiger partial charge in [0.15, 0.2) is 0 Å². The van der Waals surface area contributed by atoms with Crippen LogP contribution in [0.15, 0.2) is 24.3 Å². The zero-order chi connectivity index (χ0) is 32.7. The molecule has 12 heteroatoms.